The molecule has 0 unspecified atom stereocenters. The summed E-state index contributed by atoms with van der Waals surface area (Å²) in [7, 11) is 0. The Kier molecular flexibility index (Phi) is 6.66. The zero-order chi connectivity index (χ0) is 23.4. The van der Waals surface area contributed by atoms with E-state index < -0.39 is 11.8 Å². The number of nitrogens with one attached hydrogen (secondary N) is 1. The van der Waals surface area contributed by atoms with Crippen LogP contribution in [0.1, 0.15) is 23.6 Å². The second-order valence-corrected chi connectivity index (χ2v) is 7.92. The van der Waals surface area contributed by atoms with Gasteiger partial charge in [-0.3, -0.25) is 15.0 Å². The summed E-state index contributed by atoms with van der Waals surface area (Å²) in [6.07, 6.45) is 1.50. The van der Waals surface area contributed by atoms with Gasteiger partial charge in [0.05, 0.1) is 17.3 Å². The van der Waals surface area contributed by atoms with Crippen LogP contribution in [0.3, 0.4) is 0 Å². The molecule has 3 aromatic carbocycles. The molecule has 1 aliphatic rings. The maximum Gasteiger partial charge on any atom is 0.282 e. The maximum absolute atomic E-state index is 12.9. The van der Waals surface area contributed by atoms with Crippen molar-refractivity contribution in [1.29, 1.82) is 0 Å². The monoisotopic (exact) mass is 462 g/mol. The Bertz CT molecular complexity index is 1220. The molecular formula is C26H23ClN2O4. The molecule has 0 bridgehead atoms. The predicted octanol–water partition coefficient (Wildman–Crippen LogP) is 5.09. The molecule has 0 aromatic heterocycles. The number of amides is 2. The van der Waals surface area contributed by atoms with Gasteiger partial charge in [-0.1, -0.05) is 59.6 Å². The molecule has 4 rings (SSSR count). The second-order valence-electron chi connectivity index (χ2n) is 7.52. The molecule has 168 valence electrons. The molecule has 0 radical (unpaired) electrons. The Hall–Kier alpha value is -3.77. The fourth-order valence-electron chi connectivity index (χ4n) is 3.51. The smallest absolute Gasteiger partial charge is 0.282 e. The Morgan fingerprint density at radius 3 is 2.52 bits per heavy atom. The summed E-state index contributed by atoms with van der Waals surface area (Å²) in [5.41, 5.74) is 5.87. The van der Waals surface area contributed by atoms with E-state index in [1.165, 1.54) is 11.1 Å². The summed E-state index contributed by atoms with van der Waals surface area (Å²) in [6.45, 7) is 4.60. The number of carbonyl (C=O) groups is 2. The topological polar surface area (TPSA) is 67.9 Å². The Morgan fingerprint density at radius 1 is 1.00 bits per heavy atom. The highest BCUT2D eigenvalue weighted by atomic mass is 35.5. The number of hydrogen-bond donors (Lipinski definition) is 1. The van der Waals surface area contributed by atoms with Crippen LogP contribution in [-0.2, 0) is 16.2 Å². The van der Waals surface area contributed by atoms with Crippen molar-refractivity contribution in [2.45, 2.75) is 20.5 Å². The quantitative estimate of drug-likeness (QED) is 0.392. The minimum Gasteiger partial charge on any atom is -0.490 e. The van der Waals surface area contributed by atoms with Gasteiger partial charge in [0.2, 0.25) is 0 Å². The molecule has 1 heterocycles. The molecule has 3 aromatic rings. The molecule has 6 nitrogen and oxygen atoms in total. The molecule has 0 spiro atoms. The second kappa shape index (κ2) is 9.79. The van der Waals surface area contributed by atoms with Gasteiger partial charge in [-0.25, -0.2) is 5.01 Å². The van der Waals surface area contributed by atoms with Crippen LogP contribution in [0.15, 0.2) is 72.3 Å². The lowest BCUT2D eigenvalue weighted by Gasteiger charge is -2.15. The third kappa shape index (κ3) is 5.02. The van der Waals surface area contributed by atoms with Gasteiger partial charge < -0.3 is 9.47 Å². The van der Waals surface area contributed by atoms with E-state index in [0.717, 1.165) is 11.1 Å². The number of anilines is 1. The van der Waals surface area contributed by atoms with E-state index >= 15 is 0 Å². The number of rotatable bonds is 7. The number of para-hydroxylation sites is 1. The Labute approximate surface area is 197 Å². The van der Waals surface area contributed by atoms with Crippen molar-refractivity contribution in [3.63, 3.8) is 0 Å². The number of hydrazine groups is 1. The fraction of sp³-hybridized carbons (Fsp3) is 0.154. The molecule has 0 atom stereocenters. The average Bonchev–Trinajstić information content (AvgIpc) is 3.08. The van der Waals surface area contributed by atoms with E-state index in [0.29, 0.717) is 41.0 Å². The van der Waals surface area contributed by atoms with E-state index in [1.54, 1.807) is 36.4 Å². The normalized spacial score (nSPS) is 14.5. The third-order valence-electron chi connectivity index (χ3n) is 5.01. The van der Waals surface area contributed by atoms with Crippen molar-refractivity contribution in [3.05, 3.63) is 94.0 Å². The molecule has 2 amide bonds. The van der Waals surface area contributed by atoms with E-state index in [2.05, 4.69) is 5.43 Å². The van der Waals surface area contributed by atoms with Crippen molar-refractivity contribution in [1.82, 2.24) is 5.43 Å². The van der Waals surface area contributed by atoms with Crippen LogP contribution in [0.4, 0.5) is 5.69 Å². The van der Waals surface area contributed by atoms with Crippen LogP contribution in [-0.4, -0.2) is 18.4 Å². The van der Waals surface area contributed by atoms with Crippen molar-refractivity contribution < 1.29 is 19.1 Å². The molecule has 0 aliphatic carbocycles. The van der Waals surface area contributed by atoms with Gasteiger partial charge in [0, 0.05) is 0 Å². The highest BCUT2D eigenvalue weighted by Crippen LogP contribution is 2.38. The van der Waals surface area contributed by atoms with Crippen LogP contribution < -0.4 is 19.9 Å². The first-order chi connectivity index (χ1) is 16.0. The Balaban J connectivity index is 1.61. The summed E-state index contributed by atoms with van der Waals surface area (Å²) >= 11 is 6.52. The zero-order valence-electron chi connectivity index (χ0n) is 18.3. The number of nitrogens with zero attached hydrogens (tertiary/aromatic N) is 1. The van der Waals surface area contributed by atoms with Crippen LogP contribution >= 0.6 is 11.6 Å². The molecule has 1 saturated heterocycles. The van der Waals surface area contributed by atoms with Crippen LogP contribution in [0.2, 0.25) is 5.02 Å². The summed E-state index contributed by atoms with van der Waals surface area (Å²) in [5, 5.41) is 1.55. The van der Waals surface area contributed by atoms with Crippen molar-refractivity contribution in [2.75, 3.05) is 11.6 Å². The summed E-state index contributed by atoms with van der Waals surface area (Å²) in [5.74, 6) is -0.0803. The standard InChI is InChI=1S/C26H23ClN2O4/c1-3-32-23-15-19(14-22(27)24(23)33-16-18-9-7-8-17(2)12-18)13-21-25(30)28-29(26(21)31)20-10-5-4-6-11-20/h4-15H,3,16H2,1-2H3,(H,28,30)/b21-13-. The van der Waals surface area contributed by atoms with Gasteiger partial charge in [0.25, 0.3) is 11.8 Å². The fourth-order valence-corrected chi connectivity index (χ4v) is 3.79. The molecule has 33 heavy (non-hydrogen) atoms. The number of aryl methyl sites for hydroxylation is 1. The molecule has 1 aliphatic heterocycles. The highest BCUT2D eigenvalue weighted by molar-refractivity contribution is 6.33. The van der Waals surface area contributed by atoms with E-state index in [1.807, 2.05) is 44.2 Å². The predicted molar refractivity (Wildman–Crippen MR) is 128 cm³/mol. The minimum absolute atomic E-state index is 0.00537. The Morgan fingerprint density at radius 2 is 1.79 bits per heavy atom. The van der Waals surface area contributed by atoms with Gasteiger partial charge in [-0.2, -0.15) is 0 Å². The van der Waals surface area contributed by atoms with Crippen LogP contribution in [0, 0.1) is 6.92 Å². The lowest BCUT2D eigenvalue weighted by atomic mass is 10.1. The van der Waals surface area contributed by atoms with Gasteiger partial charge in [0.1, 0.15) is 12.2 Å². The van der Waals surface area contributed by atoms with Crippen LogP contribution in [0.25, 0.3) is 6.08 Å². The van der Waals surface area contributed by atoms with Gasteiger partial charge >= 0.3 is 0 Å². The largest absolute Gasteiger partial charge is 0.490 e. The van der Waals surface area contributed by atoms with Gasteiger partial charge in [-0.15, -0.1) is 0 Å². The highest BCUT2D eigenvalue weighted by Gasteiger charge is 2.34. The lowest BCUT2D eigenvalue weighted by molar-refractivity contribution is -0.117. The van der Waals surface area contributed by atoms with Crippen molar-refractivity contribution in [3.8, 4) is 11.5 Å². The first-order valence-electron chi connectivity index (χ1n) is 10.5. The molecular weight excluding hydrogens is 440 g/mol. The van der Waals surface area contributed by atoms with E-state index in [4.69, 9.17) is 21.1 Å². The van der Waals surface area contributed by atoms with Gasteiger partial charge in [-0.05, 0) is 55.3 Å². The van der Waals surface area contributed by atoms with Crippen molar-refractivity contribution in [2.24, 2.45) is 0 Å². The number of halogens is 1. The first-order valence-corrected chi connectivity index (χ1v) is 10.9. The molecule has 1 N–H and O–H groups in total. The minimum atomic E-state index is -0.488. The SMILES string of the molecule is CCOc1cc(/C=C2/C(=O)NN(c3ccccc3)C2=O)cc(Cl)c1OCc1cccc(C)c1. The number of hydrogen-bond acceptors (Lipinski definition) is 4. The van der Waals surface area contributed by atoms with Crippen LogP contribution in [0.5, 0.6) is 11.5 Å². The van der Waals surface area contributed by atoms with E-state index in [-0.39, 0.29) is 5.57 Å². The molecule has 0 saturated carbocycles. The molecule has 7 heteroatoms. The van der Waals surface area contributed by atoms with Gasteiger partial charge in [0.15, 0.2) is 11.5 Å². The number of carbonyl (C=O) groups excluding carboxylic acids is 2. The average molecular weight is 463 g/mol. The van der Waals surface area contributed by atoms with Crippen molar-refractivity contribution >= 4 is 35.2 Å². The third-order valence-corrected chi connectivity index (χ3v) is 5.29. The summed E-state index contributed by atoms with van der Waals surface area (Å²) in [6, 6.07) is 20.3. The number of benzene rings is 3. The van der Waals surface area contributed by atoms with E-state index in [9.17, 15) is 9.59 Å². The first kappa shape index (κ1) is 22.4. The zero-order valence-corrected chi connectivity index (χ0v) is 19.1. The summed E-state index contributed by atoms with van der Waals surface area (Å²) < 4.78 is 11.7. The number of ether oxygens (including phenoxy) is 2. The summed E-state index contributed by atoms with van der Waals surface area (Å²) in [4.78, 5) is 25.3. The molecule has 1 fully saturated rings. The maximum atomic E-state index is 12.9. The lowest BCUT2D eigenvalue weighted by Crippen LogP contribution is -2.35.